The molecule has 1 aliphatic rings. The molecule has 0 aromatic carbocycles. The molecule has 0 bridgehead atoms. The van der Waals surface area contributed by atoms with E-state index in [4.69, 9.17) is 19.7 Å². The number of ether oxygens (including phenoxy) is 3. The average molecular weight is 353 g/mol. The van der Waals surface area contributed by atoms with Crippen LogP contribution >= 0.6 is 0 Å². The summed E-state index contributed by atoms with van der Waals surface area (Å²) in [4.78, 5) is 14.0. The van der Waals surface area contributed by atoms with Crippen molar-refractivity contribution < 1.29 is 19.0 Å². The first-order valence-corrected chi connectivity index (χ1v) is 9.06. The predicted molar refractivity (Wildman–Crippen MR) is 95.8 cm³/mol. The number of allylic oxidation sites excluding steroid dienone is 1. The molecule has 1 rings (SSSR count). The van der Waals surface area contributed by atoms with Gasteiger partial charge in [0.2, 0.25) is 0 Å². The van der Waals surface area contributed by atoms with Crippen molar-refractivity contribution in [1.82, 2.24) is 0 Å². The van der Waals surface area contributed by atoms with Crippen LogP contribution in [0.15, 0.2) is 17.8 Å². The Bertz CT molecular complexity index is 465. The molecule has 3 unspecified atom stereocenters. The Morgan fingerprint density at radius 1 is 1.28 bits per heavy atom. The molecule has 1 saturated heterocycles. The SMILES string of the molecule is C=CCCCCCCOC1OC(COC(C)=O)[C@H](C)[C@H](C)C1N=[N+]=[N-]. The summed E-state index contributed by atoms with van der Waals surface area (Å²) in [5.41, 5.74) is 8.84. The normalized spacial score (nSPS) is 28.8. The fraction of sp³-hybridized carbons (Fsp3) is 0.833. The van der Waals surface area contributed by atoms with Crippen LogP contribution in [-0.4, -0.2) is 37.6 Å². The van der Waals surface area contributed by atoms with Crippen LogP contribution in [0.4, 0.5) is 0 Å². The zero-order valence-corrected chi connectivity index (χ0v) is 15.6. The molecule has 0 radical (unpaired) electrons. The van der Waals surface area contributed by atoms with Gasteiger partial charge in [-0.2, -0.15) is 0 Å². The second kappa shape index (κ2) is 11.9. The molecule has 0 aromatic heterocycles. The fourth-order valence-electron chi connectivity index (χ4n) is 2.97. The van der Waals surface area contributed by atoms with Gasteiger partial charge < -0.3 is 14.2 Å². The lowest BCUT2D eigenvalue weighted by atomic mass is 9.82. The van der Waals surface area contributed by atoms with Crippen LogP contribution in [0.5, 0.6) is 0 Å². The summed E-state index contributed by atoms with van der Waals surface area (Å²) >= 11 is 0. The standard InChI is InChI=1S/C18H31N3O4/c1-5-6-7-8-9-10-11-23-18-17(20-21-19)14(3)13(2)16(25-18)12-24-15(4)22/h5,13-14,16-18H,1,6-12H2,2-4H3/t13-,14+,16?,17?,18?/m1/s1. The number of rotatable bonds is 11. The minimum absolute atomic E-state index is 0.0720. The van der Waals surface area contributed by atoms with Gasteiger partial charge in [0, 0.05) is 18.4 Å². The minimum Gasteiger partial charge on any atom is -0.463 e. The molecule has 25 heavy (non-hydrogen) atoms. The van der Waals surface area contributed by atoms with Crippen molar-refractivity contribution >= 4 is 5.97 Å². The molecule has 0 saturated carbocycles. The molecule has 1 heterocycles. The molecular weight excluding hydrogens is 322 g/mol. The van der Waals surface area contributed by atoms with Gasteiger partial charge in [-0.25, -0.2) is 0 Å². The molecule has 0 aliphatic carbocycles. The van der Waals surface area contributed by atoms with E-state index >= 15 is 0 Å². The van der Waals surface area contributed by atoms with Crippen LogP contribution in [0.25, 0.3) is 10.4 Å². The minimum atomic E-state index is -0.601. The number of carbonyl (C=O) groups is 1. The summed E-state index contributed by atoms with van der Waals surface area (Å²) in [7, 11) is 0. The molecule has 1 fully saturated rings. The van der Waals surface area contributed by atoms with Gasteiger partial charge in [0.05, 0.1) is 12.1 Å². The van der Waals surface area contributed by atoms with Crippen molar-refractivity contribution in [3.8, 4) is 0 Å². The summed E-state index contributed by atoms with van der Waals surface area (Å²) < 4.78 is 16.9. The average Bonchev–Trinajstić information content (AvgIpc) is 2.58. The van der Waals surface area contributed by atoms with Crippen LogP contribution in [0.2, 0.25) is 0 Å². The van der Waals surface area contributed by atoms with Gasteiger partial charge in [0.25, 0.3) is 0 Å². The van der Waals surface area contributed by atoms with Crippen LogP contribution in [0.1, 0.15) is 52.9 Å². The number of hydrogen-bond acceptors (Lipinski definition) is 5. The van der Waals surface area contributed by atoms with Crippen molar-refractivity contribution in [1.29, 1.82) is 0 Å². The number of unbranched alkanes of at least 4 members (excludes halogenated alkanes) is 4. The number of carbonyl (C=O) groups excluding carboxylic acids is 1. The molecule has 5 atom stereocenters. The van der Waals surface area contributed by atoms with Gasteiger partial charge in [0.15, 0.2) is 6.29 Å². The highest BCUT2D eigenvalue weighted by molar-refractivity contribution is 5.65. The number of azide groups is 1. The predicted octanol–water partition coefficient (Wildman–Crippen LogP) is 4.38. The summed E-state index contributed by atoms with van der Waals surface area (Å²) in [5.74, 6) is -0.172. The van der Waals surface area contributed by atoms with Crippen molar-refractivity contribution in [2.75, 3.05) is 13.2 Å². The van der Waals surface area contributed by atoms with E-state index in [2.05, 4.69) is 16.6 Å². The smallest absolute Gasteiger partial charge is 0.302 e. The molecule has 142 valence electrons. The monoisotopic (exact) mass is 353 g/mol. The van der Waals surface area contributed by atoms with E-state index < -0.39 is 6.29 Å². The quantitative estimate of drug-likeness (QED) is 0.138. The third kappa shape index (κ3) is 7.46. The van der Waals surface area contributed by atoms with E-state index in [-0.39, 0.29) is 36.6 Å². The van der Waals surface area contributed by atoms with Gasteiger partial charge in [0.1, 0.15) is 6.61 Å². The summed E-state index contributed by atoms with van der Waals surface area (Å²) in [6.07, 6.45) is 6.40. The molecule has 0 spiro atoms. The van der Waals surface area contributed by atoms with E-state index in [1.807, 2.05) is 19.9 Å². The van der Waals surface area contributed by atoms with Crippen molar-refractivity contribution in [2.45, 2.75) is 71.3 Å². The lowest BCUT2D eigenvalue weighted by Crippen LogP contribution is -2.51. The molecule has 0 aromatic rings. The maximum Gasteiger partial charge on any atom is 0.302 e. The number of esters is 1. The van der Waals surface area contributed by atoms with E-state index in [0.717, 1.165) is 32.1 Å². The lowest BCUT2D eigenvalue weighted by Gasteiger charge is -2.42. The Morgan fingerprint density at radius 2 is 2.00 bits per heavy atom. The van der Waals surface area contributed by atoms with Crippen LogP contribution in [0.3, 0.4) is 0 Å². The highest BCUT2D eigenvalue weighted by atomic mass is 16.7. The molecular formula is C18H31N3O4. The van der Waals surface area contributed by atoms with Gasteiger partial charge in [-0.15, -0.1) is 6.58 Å². The molecule has 1 aliphatic heterocycles. The highest BCUT2D eigenvalue weighted by Crippen LogP contribution is 2.33. The Hall–Kier alpha value is -1.56. The third-order valence-electron chi connectivity index (χ3n) is 4.76. The zero-order chi connectivity index (χ0) is 18.7. The first-order valence-electron chi connectivity index (χ1n) is 9.06. The van der Waals surface area contributed by atoms with E-state index in [0.29, 0.717) is 6.61 Å². The van der Waals surface area contributed by atoms with Gasteiger partial charge >= 0.3 is 5.97 Å². The first kappa shape index (κ1) is 21.5. The maximum atomic E-state index is 11.1. The molecule has 0 amide bonds. The number of nitrogens with zero attached hydrogens (tertiary/aromatic N) is 3. The van der Waals surface area contributed by atoms with Crippen molar-refractivity contribution in [3.05, 3.63) is 23.1 Å². The van der Waals surface area contributed by atoms with Crippen LogP contribution in [-0.2, 0) is 19.0 Å². The Morgan fingerprint density at radius 3 is 2.64 bits per heavy atom. The fourth-order valence-corrected chi connectivity index (χ4v) is 2.97. The first-order chi connectivity index (χ1) is 12.0. The van der Waals surface area contributed by atoms with Gasteiger partial charge in [-0.05, 0) is 36.6 Å². The summed E-state index contributed by atoms with van der Waals surface area (Å²) in [6.45, 7) is 9.85. The van der Waals surface area contributed by atoms with Crippen molar-refractivity contribution in [2.24, 2.45) is 17.0 Å². The molecule has 7 heteroatoms. The maximum absolute atomic E-state index is 11.1. The Kier molecular flexibility index (Phi) is 10.2. The third-order valence-corrected chi connectivity index (χ3v) is 4.76. The van der Waals surface area contributed by atoms with Gasteiger partial charge in [-0.3, -0.25) is 4.79 Å². The van der Waals surface area contributed by atoms with Crippen LogP contribution in [0, 0.1) is 11.8 Å². The zero-order valence-electron chi connectivity index (χ0n) is 15.6. The van der Waals surface area contributed by atoms with Gasteiger partial charge in [-0.1, -0.05) is 37.9 Å². The Balaban J connectivity index is 2.54. The largest absolute Gasteiger partial charge is 0.463 e. The lowest BCUT2D eigenvalue weighted by molar-refractivity contribution is -0.239. The second-order valence-electron chi connectivity index (χ2n) is 6.62. The van der Waals surface area contributed by atoms with Crippen molar-refractivity contribution in [3.63, 3.8) is 0 Å². The number of hydrogen-bond donors (Lipinski definition) is 0. The summed E-state index contributed by atoms with van der Waals surface area (Å²) in [5, 5.41) is 3.88. The second-order valence-corrected chi connectivity index (χ2v) is 6.62. The highest BCUT2D eigenvalue weighted by Gasteiger charge is 2.42. The summed E-state index contributed by atoms with van der Waals surface area (Å²) in [6, 6.07) is -0.380. The molecule has 7 nitrogen and oxygen atoms in total. The van der Waals surface area contributed by atoms with E-state index in [9.17, 15) is 4.79 Å². The molecule has 0 N–H and O–H groups in total. The topological polar surface area (TPSA) is 93.5 Å². The van der Waals surface area contributed by atoms with E-state index in [1.54, 1.807) is 0 Å². The Labute approximate surface area is 150 Å². The van der Waals surface area contributed by atoms with E-state index in [1.165, 1.54) is 6.92 Å². The van der Waals surface area contributed by atoms with Crippen LogP contribution < -0.4 is 0 Å².